The molecular formula is C21H29N3O5. The van der Waals surface area contributed by atoms with Gasteiger partial charge >= 0.3 is 6.03 Å². The van der Waals surface area contributed by atoms with Crippen LogP contribution in [-0.2, 0) is 4.79 Å². The Hall–Kier alpha value is -2.61. The molecule has 0 aromatic heterocycles. The standard InChI is InChI=1S/C21H29N3O5/c1-29-18-6-5-16(14-17(18)24-12-9-19(26)22-21(24)28)20(27)23-10-7-15(8-11-23)4-2-3-13-25/h5-6,14-15,25H,2-4,7-13H2,1H3,(H,22,26,28). The topological polar surface area (TPSA) is 99.2 Å². The predicted octanol–water partition coefficient (Wildman–Crippen LogP) is 2.16. The lowest BCUT2D eigenvalue weighted by Crippen LogP contribution is -2.49. The Bertz CT molecular complexity index is 759. The van der Waals surface area contributed by atoms with Gasteiger partial charge in [-0.1, -0.05) is 12.8 Å². The molecule has 1 aromatic rings. The van der Waals surface area contributed by atoms with Gasteiger partial charge in [0.25, 0.3) is 5.91 Å². The molecule has 0 atom stereocenters. The molecule has 8 heteroatoms. The molecular weight excluding hydrogens is 374 g/mol. The summed E-state index contributed by atoms with van der Waals surface area (Å²) in [5.41, 5.74) is 0.992. The number of rotatable bonds is 7. The number of piperidine rings is 1. The van der Waals surface area contributed by atoms with E-state index in [0.29, 0.717) is 36.0 Å². The highest BCUT2D eigenvalue weighted by atomic mass is 16.5. The van der Waals surface area contributed by atoms with Crippen LogP contribution in [0.2, 0.25) is 0 Å². The second kappa shape index (κ2) is 9.73. The molecule has 4 amide bonds. The molecule has 3 rings (SSSR count). The number of aliphatic hydroxyl groups excluding tert-OH is 1. The molecule has 2 aliphatic rings. The number of likely N-dealkylation sites (tertiary alicyclic amines) is 1. The van der Waals surface area contributed by atoms with E-state index in [-0.39, 0.29) is 31.4 Å². The van der Waals surface area contributed by atoms with Crippen molar-refractivity contribution in [2.75, 3.05) is 38.3 Å². The molecule has 0 bridgehead atoms. The Kier molecular flexibility index (Phi) is 7.09. The lowest BCUT2D eigenvalue weighted by atomic mass is 9.91. The Morgan fingerprint density at radius 1 is 1.21 bits per heavy atom. The minimum atomic E-state index is -0.507. The number of methoxy groups -OCH3 is 1. The maximum atomic E-state index is 13.0. The van der Waals surface area contributed by atoms with Crippen LogP contribution >= 0.6 is 0 Å². The van der Waals surface area contributed by atoms with Crippen LogP contribution in [0.1, 0.15) is 48.9 Å². The van der Waals surface area contributed by atoms with Crippen molar-refractivity contribution >= 4 is 23.5 Å². The predicted molar refractivity (Wildman–Crippen MR) is 108 cm³/mol. The fourth-order valence-electron chi connectivity index (χ4n) is 3.98. The van der Waals surface area contributed by atoms with Crippen molar-refractivity contribution in [2.24, 2.45) is 5.92 Å². The Morgan fingerprint density at radius 2 is 1.97 bits per heavy atom. The number of nitrogens with zero attached hydrogens (tertiary/aromatic N) is 2. The van der Waals surface area contributed by atoms with Crippen molar-refractivity contribution in [3.05, 3.63) is 23.8 Å². The molecule has 158 valence electrons. The highest BCUT2D eigenvalue weighted by Crippen LogP contribution is 2.32. The number of anilines is 1. The molecule has 0 radical (unpaired) electrons. The number of aliphatic hydroxyl groups is 1. The van der Waals surface area contributed by atoms with Gasteiger partial charge in [-0.25, -0.2) is 4.79 Å². The first-order valence-corrected chi connectivity index (χ1v) is 10.2. The fourth-order valence-corrected chi connectivity index (χ4v) is 3.98. The number of urea groups is 1. The molecule has 0 spiro atoms. The second-order valence-electron chi connectivity index (χ2n) is 7.60. The zero-order chi connectivity index (χ0) is 20.8. The second-order valence-corrected chi connectivity index (χ2v) is 7.60. The average Bonchev–Trinajstić information content (AvgIpc) is 2.73. The van der Waals surface area contributed by atoms with Crippen molar-refractivity contribution < 1.29 is 24.2 Å². The van der Waals surface area contributed by atoms with Gasteiger partial charge in [-0.15, -0.1) is 0 Å². The van der Waals surface area contributed by atoms with Gasteiger partial charge in [0.1, 0.15) is 5.75 Å². The highest BCUT2D eigenvalue weighted by Gasteiger charge is 2.29. The van der Waals surface area contributed by atoms with Crippen molar-refractivity contribution in [1.82, 2.24) is 10.2 Å². The van der Waals surface area contributed by atoms with E-state index in [0.717, 1.165) is 32.1 Å². The molecule has 2 N–H and O–H groups in total. The SMILES string of the molecule is COc1ccc(C(=O)N2CCC(CCCCO)CC2)cc1N1CCC(=O)NC1=O. The average molecular weight is 403 g/mol. The van der Waals surface area contributed by atoms with Crippen LogP contribution in [0.5, 0.6) is 5.75 Å². The molecule has 0 saturated carbocycles. The van der Waals surface area contributed by atoms with Gasteiger partial charge in [0.15, 0.2) is 0 Å². The van der Waals surface area contributed by atoms with E-state index >= 15 is 0 Å². The van der Waals surface area contributed by atoms with E-state index in [9.17, 15) is 14.4 Å². The minimum Gasteiger partial charge on any atom is -0.495 e. The van der Waals surface area contributed by atoms with Crippen molar-refractivity contribution in [3.8, 4) is 5.75 Å². The first-order chi connectivity index (χ1) is 14.0. The number of carbonyl (C=O) groups excluding carboxylic acids is 3. The molecule has 8 nitrogen and oxygen atoms in total. The molecule has 2 saturated heterocycles. The molecule has 0 unspecified atom stereocenters. The smallest absolute Gasteiger partial charge is 0.328 e. The maximum absolute atomic E-state index is 13.0. The summed E-state index contributed by atoms with van der Waals surface area (Å²) in [4.78, 5) is 40.0. The number of benzene rings is 1. The number of hydrogen-bond donors (Lipinski definition) is 2. The van der Waals surface area contributed by atoms with Gasteiger partial charge < -0.3 is 14.7 Å². The monoisotopic (exact) mass is 403 g/mol. The molecule has 2 heterocycles. The van der Waals surface area contributed by atoms with E-state index < -0.39 is 6.03 Å². The van der Waals surface area contributed by atoms with E-state index in [1.807, 2.05) is 4.90 Å². The summed E-state index contributed by atoms with van der Waals surface area (Å²) in [6.07, 6.45) is 5.10. The zero-order valence-electron chi connectivity index (χ0n) is 16.9. The van der Waals surface area contributed by atoms with Gasteiger partial charge in [-0.2, -0.15) is 0 Å². The lowest BCUT2D eigenvalue weighted by Gasteiger charge is -2.33. The van der Waals surface area contributed by atoms with Gasteiger partial charge in [-0.3, -0.25) is 19.8 Å². The minimum absolute atomic E-state index is 0.0591. The largest absolute Gasteiger partial charge is 0.495 e. The summed E-state index contributed by atoms with van der Waals surface area (Å²) in [5.74, 6) is 0.718. The number of nitrogens with one attached hydrogen (secondary N) is 1. The van der Waals surface area contributed by atoms with E-state index in [1.54, 1.807) is 18.2 Å². The van der Waals surface area contributed by atoms with Crippen LogP contribution in [0.4, 0.5) is 10.5 Å². The molecule has 2 fully saturated rings. The van der Waals surface area contributed by atoms with Crippen molar-refractivity contribution in [3.63, 3.8) is 0 Å². The summed E-state index contributed by atoms with van der Waals surface area (Å²) in [7, 11) is 1.51. The number of unbranched alkanes of at least 4 members (excludes halogenated alkanes) is 1. The van der Waals surface area contributed by atoms with Gasteiger partial charge in [0.05, 0.1) is 12.8 Å². The number of hydrogen-bond acceptors (Lipinski definition) is 5. The summed E-state index contributed by atoms with van der Waals surface area (Å²) < 4.78 is 5.37. The van der Waals surface area contributed by atoms with Gasteiger partial charge in [0.2, 0.25) is 5.91 Å². The summed E-state index contributed by atoms with van der Waals surface area (Å²) >= 11 is 0. The first-order valence-electron chi connectivity index (χ1n) is 10.2. The third-order valence-corrected chi connectivity index (χ3v) is 5.69. The molecule has 2 aliphatic heterocycles. The van der Waals surface area contributed by atoms with Crippen LogP contribution in [-0.4, -0.2) is 61.2 Å². The number of carbonyl (C=O) groups is 3. The summed E-state index contributed by atoms with van der Waals surface area (Å²) in [5, 5.41) is 11.2. The first kappa shape index (κ1) is 21.1. The van der Waals surface area contributed by atoms with Crippen LogP contribution in [0.15, 0.2) is 18.2 Å². The number of ether oxygens (including phenoxy) is 1. The van der Waals surface area contributed by atoms with Crippen molar-refractivity contribution in [2.45, 2.75) is 38.5 Å². The summed E-state index contributed by atoms with van der Waals surface area (Å²) in [6, 6.07) is 4.57. The van der Waals surface area contributed by atoms with Crippen LogP contribution in [0.25, 0.3) is 0 Å². The zero-order valence-corrected chi connectivity index (χ0v) is 16.9. The third-order valence-electron chi connectivity index (χ3n) is 5.69. The normalized spacial score (nSPS) is 18.0. The maximum Gasteiger partial charge on any atom is 0.328 e. The Morgan fingerprint density at radius 3 is 2.62 bits per heavy atom. The molecule has 29 heavy (non-hydrogen) atoms. The van der Waals surface area contributed by atoms with Gasteiger partial charge in [0, 0.05) is 38.2 Å². The lowest BCUT2D eigenvalue weighted by molar-refractivity contribution is -0.120. The van der Waals surface area contributed by atoms with Crippen LogP contribution in [0.3, 0.4) is 0 Å². The van der Waals surface area contributed by atoms with Crippen LogP contribution in [0, 0.1) is 5.92 Å². The summed E-state index contributed by atoms with van der Waals surface area (Å²) in [6.45, 7) is 1.91. The Balaban J connectivity index is 1.69. The van der Waals surface area contributed by atoms with Crippen molar-refractivity contribution in [1.29, 1.82) is 0 Å². The van der Waals surface area contributed by atoms with Crippen LogP contribution < -0.4 is 15.0 Å². The van der Waals surface area contributed by atoms with E-state index in [1.165, 1.54) is 12.0 Å². The van der Waals surface area contributed by atoms with Gasteiger partial charge in [-0.05, 0) is 43.4 Å². The van der Waals surface area contributed by atoms with E-state index in [2.05, 4.69) is 5.32 Å². The molecule has 0 aliphatic carbocycles. The quantitative estimate of drug-likeness (QED) is 0.680. The fraction of sp³-hybridized carbons (Fsp3) is 0.571. The highest BCUT2D eigenvalue weighted by molar-refractivity contribution is 6.07. The molecule has 1 aromatic carbocycles. The number of imide groups is 1. The Labute approximate surface area is 170 Å². The third kappa shape index (κ3) is 5.06. The number of amides is 4. The van der Waals surface area contributed by atoms with E-state index in [4.69, 9.17) is 9.84 Å².